The number of carbonyl (C=O) groups excluding carboxylic acids is 3. The molecule has 5 nitrogen and oxygen atoms in total. The maximum Gasteiger partial charge on any atom is 0.248 e. The Bertz CT molecular complexity index is 757. The standard InChI is InChI=1S/C23H31NO4S/c1-3-4-5-6-7-8-13-23(2)20(15-21(26)29-23)28-16-19(25)14-17-9-11-18(12-10-17)22(24)27/h9-12,15H,3-8,13-14,16H2,1-2H3,(H2,24,27). The first-order valence-electron chi connectivity index (χ1n) is 10.3. The highest BCUT2D eigenvalue weighted by molar-refractivity contribution is 8.15. The highest BCUT2D eigenvalue weighted by Crippen LogP contribution is 2.44. The van der Waals surface area contributed by atoms with Crippen LogP contribution in [0, 0.1) is 0 Å². The molecule has 1 heterocycles. The summed E-state index contributed by atoms with van der Waals surface area (Å²) in [7, 11) is 0. The summed E-state index contributed by atoms with van der Waals surface area (Å²) in [6, 6.07) is 6.65. The van der Waals surface area contributed by atoms with Crippen molar-refractivity contribution in [3.63, 3.8) is 0 Å². The summed E-state index contributed by atoms with van der Waals surface area (Å²) in [5.41, 5.74) is 6.43. The quantitative estimate of drug-likeness (QED) is 0.475. The summed E-state index contributed by atoms with van der Waals surface area (Å²) in [5.74, 6) is 0.0358. The molecule has 6 heteroatoms. The van der Waals surface area contributed by atoms with E-state index >= 15 is 0 Å². The number of ketones is 1. The molecule has 0 radical (unpaired) electrons. The Morgan fingerprint density at radius 1 is 1.07 bits per heavy atom. The van der Waals surface area contributed by atoms with E-state index in [1.165, 1.54) is 43.5 Å². The molecule has 1 atom stereocenters. The van der Waals surface area contributed by atoms with Crippen LogP contribution in [0.25, 0.3) is 0 Å². The number of hydrogen-bond donors (Lipinski definition) is 1. The molecule has 0 saturated carbocycles. The second kappa shape index (κ2) is 11.2. The van der Waals surface area contributed by atoms with Crippen molar-refractivity contribution in [2.45, 2.75) is 70.0 Å². The third-order valence-electron chi connectivity index (χ3n) is 5.13. The zero-order valence-corrected chi connectivity index (χ0v) is 18.2. The van der Waals surface area contributed by atoms with E-state index in [1.807, 2.05) is 6.92 Å². The molecule has 0 bridgehead atoms. The lowest BCUT2D eigenvalue weighted by atomic mass is 9.99. The van der Waals surface area contributed by atoms with Gasteiger partial charge in [0.15, 0.2) is 5.78 Å². The van der Waals surface area contributed by atoms with E-state index in [9.17, 15) is 14.4 Å². The Morgan fingerprint density at radius 2 is 1.72 bits per heavy atom. The van der Waals surface area contributed by atoms with Crippen LogP contribution in [0.5, 0.6) is 0 Å². The largest absolute Gasteiger partial charge is 0.489 e. The van der Waals surface area contributed by atoms with Crippen LogP contribution in [0.1, 0.15) is 74.7 Å². The topological polar surface area (TPSA) is 86.5 Å². The first kappa shape index (κ1) is 23.2. The number of hydrogen-bond acceptors (Lipinski definition) is 5. The minimum Gasteiger partial charge on any atom is -0.489 e. The molecule has 2 N–H and O–H groups in total. The molecular formula is C23H31NO4S. The van der Waals surface area contributed by atoms with Crippen LogP contribution in [0.3, 0.4) is 0 Å². The van der Waals surface area contributed by atoms with Gasteiger partial charge < -0.3 is 10.5 Å². The molecule has 1 aromatic carbocycles. The lowest BCUT2D eigenvalue weighted by molar-refractivity contribution is -0.122. The Balaban J connectivity index is 1.82. The third-order valence-corrected chi connectivity index (χ3v) is 6.31. The monoisotopic (exact) mass is 417 g/mol. The summed E-state index contributed by atoms with van der Waals surface area (Å²) in [6.45, 7) is 4.16. The molecule has 0 saturated heterocycles. The van der Waals surface area contributed by atoms with Crippen molar-refractivity contribution in [2.24, 2.45) is 5.73 Å². The van der Waals surface area contributed by atoms with Gasteiger partial charge in [0.1, 0.15) is 12.4 Å². The van der Waals surface area contributed by atoms with Gasteiger partial charge in [-0.15, -0.1) is 0 Å². The van der Waals surface area contributed by atoms with E-state index < -0.39 is 5.91 Å². The minimum absolute atomic E-state index is 0.0111. The van der Waals surface area contributed by atoms with Gasteiger partial charge in [-0.2, -0.15) is 0 Å². The van der Waals surface area contributed by atoms with Crippen molar-refractivity contribution in [3.8, 4) is 0 Å². The number of unbranched alkanes of at least 4 members (excludes halogenated alkanes) is 5. The van der Waals surface area contributed by atoms with Gasteiger partial charge in [-0.1, -0.05) is 69.3 Å². The number of nitrogens with two attached hydrogens (primary N) is 1. The first-order valence-corrected chi connectivity index (χ1v) is 11.1. The molecule has 2 rings (SSSR count). The number of carbonyl (C=O) groups is 3. The molecule has 0 spiro atoms. The fourth-order valence-corrected chi connectivity index (χ4v) is 4.47. The molecule has 29 heavy (non-hydrogen) atoms. The molecule has 1 unspecified atom stereocenters. The predicted octanol–water partition coefficient (Wildman–Crippen LogP) is 4.58. The van der Waals surface area contributed by atoms with Gasteiger partial charge in [0.2, 0.25) is 11.0 Å². The highest BCUT2D eigenvalue weighted by atomic mass is 32.2. The van der Waals surface area contributed by atoms with Crippen molar-refractivity contribution in [2.75, 3.05) is 6.61 Å². The van der Waals surface area contributed by atoms with E-state index in [1.54, 1.807) is 24.3 Å². The fourth-order valence-electron chi connectivity index (χ4n) is 3.40. The van der Waals surface area contributed by atoms with Gasteiger partial charge in [0.05, 0.1) is 4.75 Å². The summed E-state index contributed by atoms with van der Waals surface area (Å²) < 4.78 is 5.39. The molecule has 0 fully saturated rings. The number of ether oxygens (including phenoxy) is 1. The summed E-state index contributed by atoms with van der Waals surface area (Å²) in [5, 5.41) is -0.0111. The number of benzene rings is 1. The lowest BCUT2D eigenvalue weighted by Crippen LogP contribution is -2.24. The van der Waals surface area contributed by atoms with Crippen LogP contribution < -0.4 is 5.73 Å². The van der Waals surface area contributed by atoms with E-state index in [0.717, 1.165) is 24.8 Å². The Hall–Kier alpha value is -2.08. The van der Waals surface area contributed by atoms with Gasteiger partial charge in [0.25, 0.3) is 0 Å². The number of primary amides is 1. The summed E-state index contributed by atoms with van der Waals surface area (Å²) in [6.07, 6.45) is 9.77. The Morgan fingerprint density at radius 3 is 2.38 bits per heavy atom. The molecule has 1 aromatic rings. The fraction of sp³-hybridized carbons (Fsp3) is 0.522. The van der Waals surface area contributed by atoms with Gasteiger partial charge in [0, 0.05) is 18.1 Å². The molecule has 1 aliphatic heterocycles. The summed E-state index contributed by atoms with van der Waals surface area (Å²) in [4.78, 5) is 35.4. The minimum atomic E-state index is -0.494. The van der Waals surface area contributed by atoms with Gasteiger partial charge >= 0.3 is 0 Å². The van der Waals surface area contributed by atoms with Crippen LogP contribution in [-0.4, -0.2) is 28.2 Å². The van der Waals surface area contributed by atoms with Crippen LogP contribution in [0.15, 0.2) is 36.1 Å². The van der Waals surface area contributed by atoms with Crippen molar-refractivity contribution >= 4 is 28.6 Å². The maximum absolute atomic E-state index is 12.3. The smallest absolute Gasteiger partial charge is 0.248 e. The number of thioether (sulfide) groups is 1. The molecule has 0 aromatic heterocycles. The summed E-state index contributed by atoms with van der Waals surface area (Å²) >= 11 is 1.29. The van der Waals surface area contributed by atoms with E-state index in [-0.39, 0.29) is 28.7 Å². The van der Waals surface area contributed by atoms with Crippen LogP contribution in [-0.2, 0) is 20.7 Å². The van der Waals surface area contributed by atoms with E-state index in [4.69, 9.17) is 10.5 Å². The SMILES string of the molecule is CCCCCCCCC1(C)SC(=O)C=C1OCC(=O)Cc1ccc(C(N)=O)cc1. The van der Waals surface area contributed by atoms with Crippen LogP contribution in [0.4, 0.5) is 0 Å². The predicted molar refractivity (Wildman–Crippen MR) is 117 cm³/mol. The van der Waals surface area contributed by atoms with Crippen molar-refractivity contribution < 1.29 is 19.1 Å². The van der Waals surface area contributed by atoms with Crippen molar-refractivity contribution in [3.05, 3.63) is 47.2 Å². The zero-order valence-electron chi connectivity index (χ0n) is 17.4. The van der Waals surface area contributed by atoms with Gasteiger partial charge in [-0.3, -0.25) is 14.4 Å². The van der Waals surface area contributed by atoms with Gasteiger partial charge in [-0.25, -0.2) is 0 Å². The maximum atomic E-state index is 12.3. The molecule has 158 valence electrons. The molecule has 0 aliphatic carbocycles. The molecule has 1 amide bonds. The van der Waals surface area contributed by atoms with Crippen LogP contribution in [0.2, 0.25) is 0 Å². The normalized spacial score (nSPS) is 18.6. The molecular weight excluding hydrogens is 386 g/mol. The lowest BCUT2D eigenvalue weighted by Gasteiger charge is -2.26. The van der Waals surface area contributed by atoms with Crippen molar-refractivity contribution in [1.82, 2.24) is 0 Å². The second-order valence-electron chi connectivity index (χ2n) is 7.74. The van der Waals surface area contributed by atoms with Gasteiger partial charge in [-0.05, 0) is 31.0 Å². The second-order valence-corrected chi connectivity index (χ2v) is 9.25. The highest BCUT2D eigenvalue weighted by Gasteiger charge is 2.39. The van der Waals surface area contributed by atoms with Crippen LogP contribution >= 0.6 is 11.8 Å². The Kier molecular flexibility index (Phi) is 8.96. The number of amides is 1. The Labute approximate surface area is 177 Å². The third kappa shape index (κ3) is 7.35. The zero-order chi connectivity index (χ0) is 21.3. The average Bonchev–Trinajstić information content (AvgIpc) is 2.97. The van der Waals surface area contributed by atoms with Crippen molar-refractivity contribution in [1.29, 1.82) is 0 Å². The number of Topliss-reactive ketones (excluding diaryl/α,β-unsaturated/α-hetero) is 1. The molecule has 1 aliphatic rings. The average molecular weight is 418 g/mol. The van der Waals surface area contributed by atoms with E-state index in [0.29, 0.717) is 11.3 Å². The first-order chi connectivity index (χ1) is 13.8. The number of rotatable bonds is 13. The van der Waals surface area contributed by atoms with E-state index in [2.05, 4.69) is 6.92 Å².